The molecule has 2 atom stereocenters. The van der Waals surface area contributed by atoms with E-state index < -0.39 is 5.82 Å². The molecule has 3 rings (SSSR count). The Labute approximate surface area is 130 Å². The fourth-order valence-corrected chi connectivity index (χ4v) is 2.96. The number of rotatable bonds is 4. The molecule has 0 unspecified atom stereocenters. The summed E-state index contributed by atoms with van der Waals surface area (Å²) in [5.41, 5.74) is 0.495. The second-order valence-corrected chi connectivity index (χ2v) is 6.38. The van der Waals surface area contributed by atoms with E-state index >= 15 is 0 Å². The molecule has 120 valence electrons. The van der Waals surface area contributed by atoms with Gasteiger partial charge in [-0.25, -0.2) is 4.39 Å². The van der Waals surface area contributed by atoms with E-state index in [-0.39, 0.29) is 23.7 Å². The molecule has 2 aliphatic rings. The van der Waals surface area contributed by atoms with Crippen LogP contribution in [0.4, 0.5) is 10.1 Å². The van der Waals surface area contributed by atoms with E-state index in [0.29, 0.717) is 11.7 Å². The molecule has 1 aromatic rings. The molecule has 4 nitrogen and oxygen atoms in total. The lowest BCUT2D eigenvalue weighted by Gasteiger charge is -2.27. The fourth-order valence-electron chi connectivity index (χ4n) is 2.96. The van der Waals surface area contributed by atoms with Gasteiger partial charge in [0.05, 0.1) is 6.10 Å². The first kappa shape index (κ1) is 15.3. The van der Waals surface area contributed by atoms with Crippen LogP contribution >= 0.6 is 0 Å². The summed E-state index contributed by atoms with van der Waals surface area (Å²) in [5.74, 6) is -0.174. The van der Waals surface area contributed by atoms with Gasteiger partial charge in [0.2, 0.25) is 5.91 Å². The highest BCUT2D eigenvalue weighted by atomic mass is 19.1. The summed E-state index contributed by atoms with van der Waals surface area (Å²) in [7, 11) is 0. The van der Waals surface area contributed by atoms with E-state index in [0.717, 1.165) is 38.6 Å². The first-order valence-corrected chi connectivity index (χ1v) is 8.12. The SMILES string of the molecule is C[C@H]1C[C@@H](C(=O)Nc2ccc(OC3CCC3)c(F)c2)CCN1. The molecule has 1 aliphatic carbocycles. The predicted octanol–water partition coefficient (Wildman–Crippen LogP) is 3.08. The summed E-state index contributed by atoms with van der Waals surface area (Å²) in [6, 6.07) is 5.00. The lowest BCUT2D eigenvalue weighted by Crippen LogP contribution is -2.40. The molecule has 22 heavy (non-hydrogen) atoms. The number of carbonyl (C=O) groups is 1. The van der Waals surface area contributed by atoms with Crippen LogP contribution in [0.15, 0.2) is 18.2 Å². The van der Waals surface area contributed by atoms with Crippen LogP contribution in [0.5, 0.6) is 5.75 Å². The van der Waals surface area contributed by atoms with Gasteiger partial charge in [0.1, 0.15) is 0 Å². The second kappa shape index (κ2) is 6.65. The maximum absolute atomic E-state index is 14.0. The molecule has 0 radical (unpaired) electrons. The maximum atomic E-state index is 14.0. The minimum absolute atomic E-state index is 0.00906. The van der Waals surface area contributed by atoms with Crippen molar-refractivity contribution in [1.82, 2.24) is 5.32 Å². The van der Waals surface area contributed by atoms with E-state index in [1.54, 1.807) is 12.1 Å². The molecule has 2 N–H and O–H groups in total. The molecule has 1 aliphatic heterocycles. The van der Waals surface area contributed by atoms with Crippen molar-refractivity contribution in [3.63, 3.8) is 0 Å². The summed E-state index contributed by atoms with van der Waals surface area (Å²) in [6.07, 6.45) is 4.91. The standard InChI is InChI=1S/C17H23FN2O2/c1-11-9-12(7-8-19-11)17(21)20-13-5-6-16(15(18)10-13)22-14-3-2-4-14/h5-6,10-12,14,19H,2-4,7-9H2,1H3,(H,20,21)/t11-,12-/m0/s1. The van der Waals surface area contributed by atoms with Crippen molar-refractivity contribution in [3.05, 3.63) is 24.0 Å². The first-order chi connectivity index (χ1) is 10.6. The zero-order valence-electron chi connectivity index (χ0n) is 12.9. The smallest absolute Gasteiger partial charge is 0.227 e. The van der Waals surface area contributed by atoms with E-state index in [1.807, 2.05) is 0 Å². The Kier molecular flexibility index (Phi) is 4.62. The predicted molar refractivity (Wildman–Crippen MR) is 83.5 cm³/mol. The molecule has 0 aromatic heterocycles. The molecular weight excluding hydrogens is 283 g/mol. The molecule has 1 amide bonds. The second-order valence-electron chi connectivity index (χ2n) is 6.38. The summed E-state index contributed by atoms with van der Waals surface area (Å²) in [5, 5.41) is 6.14. The van der Waals surface area contributed by atoms with Crippen molar-refractivity contribution < 1.29 is 13.9 Å². The van der Waals surface area contributed by atoms with Gasteiger partial charge in [-0.2, -0.15) is 0 Å². The Morgan fingerprint density at radius 1 is 1.36 bits per heavy atom. The van der Waals surface area contributed by atoms with Crippen molar-refractivity contribution in [2.45, 2.75) is 51.2 Å². The van der Waals surface area contributed by atoms with Crippen molar-refractivity contribution in [3.8, 4) is 5.75 Å². The number of hydrogen-bond donors (Lipinski definition) is 2. The van der Waals surface area contributed by atoms with Crippen LogP contribution in [-0.4, -0.2) is 24.6 Å². The van der Waals surface area contributed by atoms with Gasteiger partial charge >= 0.3 is 0 Å². The largest absolute Gasteiger partial charge is 0.487 e. The third kappa shape index (κ3) is 3.58. The summed E-state index contributed by atoms with van der Waals surface area (Å²) in [6.45, 7) is 2.92. The fraction of sp³-hybridized carbons (Fsp3) is 0.588. The summed E-state index contributed by atoms with van der Waals surface area (Å²) < 4.78 is 19.6. The molecule has 1 saturated carbocycles. The normalized spacial score (nSPS) is 25.4. The lowest BCUT2D eigenvalue weighted by atomic mass is 9.92. The highest BCUT2D eigenvalue weighted by Crippen LogP contribution is 2.29. The number of halogens is 1. The number of benzene rings is 1. The van der Waals surface area contributed by atoms with Crippen LogP contribution < -0.4 is 15.4 Å². The number of ether oxygens (including phenoxy) is 1. The Balaban J connectivity index is 1.59. The average molecular weight is 306 g/mol. The zero-order chi connectivity index (χ0) is 15.5. The van der Waals surface area contributed by atoms with Crippen LogP contribution in [0.25, 0.3) is 0 Å². The molecular formula is C17H23FN2O2. The minimum Gasteiger partial charge on any atom is -0.487 e. The van der Waals surface area contributed by atoms with E-state index in [1.165, 1.54) is 6.07 Å². The van der Waals surface area contributed by atoms with Crippen molar-refractivity contribution in [2.75, 3.05) is 11.9 Å². The first-order valence-electron chi connectivity index (χ1n) is 8.12. The van der Waals surface area contributed by atoms with Crippen LogP contribution in [0, 0.1) is 11.7 Å². The number of amides is 1. The monoisotopic (exact) mass is 306 g/mol. The average Bonchev–Trinajstić information content (AvgIpc) is 2.44. The number of nitrogens with one attached hydrogen (secondary N) is 2. The molecule has 1 aromatic carbocycles. The van der Waals surface area contributed by atoms with E-state index in [9.17, 15) is 9.18 Å². The Morgan fingerprint density at radius 2 is 2.18 bits per heavy atom. The van der Waals surface area contributed by atoms with Gasteiger partial charge in [0.15, 0.2) is 11.6 Å². The number of hydrogen-bond acceptors (Lipinski definition) is 3. The number of carbonyl (C=O) groups excluding carboxylic acids is 1. The summed E-state index contributed by atoms with van der Waals surface area (Å²) in [4.78, 5) is 12.2. The van der Waals surface area contributed by atoms with Gasteiger partial charge in [0, 0.05) is 23.7 Å². The maximum Gasteiger partial charge on any atom is 0.227 e. The molecule has 0 bridgehead atoms. The van der Waals surface area contributed by atoms with Crippen LogP contribution in [-0.2, 0) is 4.79 Å². The molecule has 1 saturated heterocycles. The molecule has 0 spiro atoms. The Morgan fingerprint density at radius 3 is 2.82 bits per heavy atom. The molecule has 1 heterocycles. The highest BCUT2D eigenvalue weighted by Gasteiger charge is 2.25. The van der Waals surface area contributed by atoms with Crippen molar-refractivity contribution in [2.24, 2.45) is 5.92 Å². The number of piperidine rings is 1. The Bertz CT molecular complexity index is 545. The third-order valence-electron chi connectivity index (χ3n) is 4.54. The summed E-state index contributed by atoms with van der Waals surface area (Å²) >= 11 is 0. The van der Waals surface area contributed by atoms with Gasteiger partial charge in [-0.15, -0.1) is 0 Å². The Hall–Kier alpha value is -1.62. The van der Waals surface area contributed by atoms with Crippen molar-refractivity contribution in [1.29, 1.82) is 0 Å². The topological polar surface area (TPSA) is 50.4 Å². The van der Waals surface area contributed by atoms with Gasteiger partial charge in [-0.05, 0) is 57.7 Å². The molecule has 5 heteroatoms. The van der Waals surface area contributed by atoms with Gasteiger partial charge in [-0.3, -0.25) is 4.79 Å². The van der Waals surface area contributed by atoms with Gasteiger partial charge in [0.25, 0.3) is 0 Å². The van der Waals surface area contributed by atoms with Gasteiger partial charge in [-0.1, -0.05) is 0 Å². The van der Waals surface area contributed by atoms with E-state index in [4.69, 9.17) is 4.74 Å². The van der Waals surface area contributed by atoms with Crippen LogP contribution in [0.3, 0.4) is 0 Å². The van der Waals surface area contributed by atoms with Gasteiger partial charge < -0.3 is 15.4 Å². The van der Waals surface area contributed by atoms with E-state index in [2.05, 4.69) is 17.6 Å². The van der Waals surface area contributed by atoms with Crippen LogP contribution in [0.1, 0.15) is 39.0 Å². The lowest BCUT2D eigenvalue weighted by molar-refractivity contribution is -0.120. The molecule has 2 fully saturated rings. The van der Waals surface area contributed by atoms with Crippen LogP contribution in [0.2, 0.25) is 0 Å². The quantitative estimate of drug-likeness (QED) is 0.899. The third-order valence-corrected chi connectivity index (χ3v) is 4.54. The zero-order valence-corrected chi connectivity index (χ0v) is 12.9. The van der Waals surface area contributed by atoms with Crippen molar-refractivity contribution >= 4 is 11.6 Å². The minimum atomic E-state index is -0.414. The number of anilines is 1. The highest BCUT2D eigenvalue weighted by molar-refractivity contribution is 5.92.